The number of carbonyl (C=O) groups is 7. The normalized spacial score (nSPS) is 37.2. The number of fused-ring (bicyclic) bond motifs is 5. The van der Waals surface area contributed by atoms with Crippen LogP contribution in [0.5, 0.6) is 0 Å². The molecule has 0 aromatic heterocycles. The molecule has 5 fully saturated rings. The molecule has 5 rings (SSSR count). The van der Waals surface area contributed by atoms with Crippen molar-refractivity contribution in [2.24, 2.45) is 45.3 Å². The highest BCUT2D eigenvalue weighted by atomic mass is 16.7. The molecule has 380 valence electrons. The van der Waals surface area contributed by atoms with E-state index in [1.165, 1.54) is 41.5 Å². The second-order valence-electron chi connectivity index (χ2n) is 21.4. The molecule has 5 aliphatic rings. The highest BCUT2D eigenvalue weighted by Crippen LogP contribution is 2.76. The summed E-state index contributed by atoms with van der Waals surface area (Å²) in [4.78, 5) is 88.1. The van der Waals surface area contributed by atoms with Crippen LogP contribution in [0, 0.1) is 45.3 Å². The van der Waals surface area contributed by atoms with Gasteiger partial charge in [-0.3, -0.25) is 33.6 Å². The van der Waals surface area contributed by atoms with Crippen molar-refractivity contribution in [3.8, 4) is 0 Å². The van der Waals surface area contributed by atoms with Crippen LogP contribution in [0.1, 0.15) is 154 Å². The van der Waals surface area contributed by atoms with Gasteiger partial charge in [-0.25, -0.2) is 0 Å². The van der Waals surface area contributed by atoms with Crippen LogP contribution in [0.25, 0.3) is 0 Å². The van der Waals surface area contributed by atoms with Crippen molar-refractivity contribution in [3.05, 3.63) is 0 Å². The van der Waals surface area contributed by atoms with E-state index in [4.69, 9.17) is 42.6 Å². The molecule has 0 aromatic rings. The molecular formula is C50H79NO16. The Kier molecular flexibility index (Phi) is 17.3. The smallest absolute Gasteiger partial charge is 0.307 e. The molecule has 1 aliphatic heterocycles. The van der Waals surface area contributed by atoms with E-state index >= 15 is 0 Å². The summed E-state index contributed by atoms with van der Waals surface area (Å²) in [6.45, 7) is 23.8. The summed E-state index contributed by atoms with van der Waals surface area (Å²) in [6.07, 6.45) is -0.836. The summed E-state index contributed by atoms with van der Waals surface area (Å²) in [5, 5.41) is 3.35. The van der Waals surface area contributed by atoms with Gasteiger partial charge in [-0.05, 0) is 112 Å². The highest BCUT2D eigenvalue weighted by Gasteiger charge is 2.73. The third-order valence-electron chi connectivity index (χ3n) is 16.9. The zero-order chi connectivity index (χ0) is 49.9. The van der Waals surface area contributed by atoms with E-state index in [-0.39, 0.29) is 82.4 Å². The molecule has 4 aliphatic carbocycles. The quantitative estimate of drug-likeness (QED) is 0.0903. The molecule has 0 bridgehead atoms. The maximum absolute atomic E-state index is 13.3. The number of nitrogens with one attached hydrogen (secondary N) is 1. The van der Waals surface area contributed by atoms with Gasteiger partial charge in [0.05, 0.1) is 18.6 Å². The topological polar surface area (TPSA) is 215 Å². The summed E-state index contributed by atoms with van der Waals surface area (Å²) >= 11 is 0. The van der Waals surface area contributed by atoms with Crippen molar-refractivity contribution in [2.45, 2.75) is 203 Å². The van der Waals surface area contributed by atoms with Gasteiger partial charge in [0.2, 0.25) is 0 Å². The van der Waals surface area contributed by atoms with Gasteiger partial charge in [-0.1, -0.05) is 34.6 Å². The highest BCUT2D eigenvalue weighted by molar-refractivity contribution is 5.70. The molecule has 17 heteroatoms. The van der Waals surface area contributed by atoms with Crippen molar-refractivity contribution in [1.82, 2.24) is 5.32 Å². The fourth-order valence-corrected chi connectivity index (χ4v) is 14.1. The summed E-state index contributed by atoms with van der Waals surface area (Å²) in [5.41, 5.74) is -2.12. The van der Waals surface area contributed by atoms with E-state index in [1.807, 2.05) is 6.92 Å². The monoisotopic (exact) mass is 950 g/mol. The minimum atomic E-state index is -1.44. The van der Waals surface area contributed by atoms with Crippen molar-refractivity contribution >= 4 is 41.8 Å². The fraction of sp³-hybridized carbons (Fsp3) is 0.860. The first-order chi connectivity index (χ1) is 31.2. The number of esters is 7. The van der Waals surface area contributed by atoms with Crippen molar-refractivity contribution < 1.29 is 76.2 Å². The van der Waals surface area contributed by atoms with Crippen molar-refractivity contribution in [3.63, 3.8) is 0 Å². The fourth-order valence-electron chi connectivity index (χ4n) is 14.1. The van der Waals surface area contributed by atoms with Crippen molar-refractivity contribution in [2.75, 3.05) is 26.3 Å². The van der Waals surface area contributed by atoms with Gasteiger partial charge in [0, 0.05) is 59.4 Å². The van der Waals surface area contributed by atoms with Gasteiger partial charge < -0.3 is 47.9 Å². The number of hydrogen-bond donors (Lipinski definition) is 1. The predicted molar refractivity (Wildman–Crippen MR) is 240 cm³/mol. The molecule has 1 N–H and O–H groups in total. The second kappa shape index (κ2) is 21.4. The molecule has 15 atom stereocenters. The SMILES string of the molecule is CCOC(=O)CCNCCCC(C)(O[C@H]1O[C@H](COC(C)=O)[C@@H](OC(C)=O)[C@H](OC(C)=O)C1OC(C)=O)C1CC[C@]2(C)[C@@H]1C(OC(C)=O)CC1[C@@]3(C)CC[C@H](OC(C)=O)C(C)(C)C3CC[C@]12C. The lowest BCUT2D eigenvalue weighted by atomic mass is 9.35. The Hall–Kier alpha value is -3.83. The second-order valence-corrected chi connectivity index (χ2v) is 21.4. The van der Waals surface area contributed by atoms with Gasteiger partial charge in [-0.15, -0.1) is 0 Å². The third kappa shape index (κ3) is 11.5. The largest absolute Gasteiger partial charge is 0.466 e. The Bertz CT molecular complexity index is 1840. The van der Waals surface area contributed by atoms with Crippen LogP contribution in [0.3, 0.4) is 0 Å². The minimum Gasteiger partial charge on any atom is -0.466 e. The molecular weight excluding hydrogens is 871 g/mol. The van der Waals surface area contributed by atoms with Crippen LogP contribution in [-0.4, -0.2) is 117 Å². The van der Waals surface area contributed by atoms with E-state index in [1.54, 1.807) is 6.92 Å². The lowest BCUT2D eigenvalue weighted by Crippen LogP contribution is -2.67. The molecule has 1 heterocycles. The van der Waals surface area contributed by atoms with E-state index in [0.29, 0.717) is 38.8 Å². The molecule has 0 radical (unpaired) electrons. The van der Waals surface area contributed by atoms with Gasteiger partial charge in [0.1, 0.15) is 24.9 Å². The maximum Gasteiger partial charge on any atom is 0.307 e. The van der Waals surface area contributed by atoms with E-state index < -0.39 is 72.9 Å². The summed E-state index contributed by atoms with van der Waals surface area (Å²) in [6, 6.07) is 0. The Labute approximate surface area is 396 Å². The average molecular weight is 950 g/mol. The van der Waals surface area contributed by atoms with Crippen LogP contribution in [0.2, 0.25) is 0 Å². The first-order valence-corrected chi connectivity index (χ1v) is 24.4. The molecule has 4 saturated carbocycles. The lowest BCUT2D eigenvalue weighted by molar-refractivity contribution is -0.339. The molecule has 6 unspecified atom stereocenters. The zero-order valence-electron chi connectivity index (χ0n) is 42.3. The Morgan fingerprint density at radius 1 is 0.657 bits per heavy atom. The average Bonchev–Trinajstić information content (AvgIpc) is 3.59. The lowest BCUT2D eigenvalue weighted by Gasteiger charge is -2.70. The van der Waals surface area contributed by atoms with Gasteiger partial charge in [-0.2, -0.15) is 0 Å². The predicted octanol–water partition coefficient (Wildman–Crippen LogP) is 6.33. The molecule has 67 heavy (non-hydrogen) atoms. The molecule has 0 aromatic carbocycles. The number of rotatable bonds is 18. The van der Waals surface area contributed by atoms with Crippen LogP contribution in [-0.2, 0) is 76.2 Å². The van der Waals surface area contributed by atoms with Crippen LogP contribution in [0.4, 0.5) is 0 Å². The first-order valence-electron chi connectivity index (χ1n) is 24.4. The zero-order valence-corrected chi connectivity index (χ0v) is 42.3. The summed E-state index contributed by atoms with van der Waals surface area (Å²) in [5.74, 6) is -3.90. The van der Waals surface area contributed by atoms with Gasteiger partial charge in [0.25, 0.3) is 0 Å². The van der Waals surface area contributed by atoms with E-state index in [9.17, 15) is 33.6 Å². The van der Waals surface area contributed by atoms with Crippen LogP contribution in [0.15, 0.2) is 0 Å². The van der Waals surface area contributed by atoms with E-state index in [0.717, 1.165) is 32.1 Å². The maximum atomic E-state index is 13.3. The van der Waals surface area contributed by atoms with E-state index in [2.05, 4.69) is 39.9 Å². The number of hydrogen-bond acceptors (Lipinski definition) is 17. The van der Waals surface area contributed by atoms with Gasteiger partial charge in [0.15, 0.2) is 24.6 Å². The summed E-state index contributed by atoms with van der Waals surface area (Å²) < 4.78 is 54.2. The summed E-state index contributed by atoms with van der Waals surface area (Å²) in [7, 11) is 0. The van der Waals surface area contributed by atoms with Gasteiger partial charge >= 0.3 is 41.8 Å². The Morgan fingerprint density at radius 3 is 1.85 bits per heavy atom. The first kappa shape index (κ1) is 54.1. The standard InChI is InChI=1S/C50H79NO16/c1-14-59-40(58)19-25-51-24-15-20-50(13,67-45-44(65-33(7)57)43(64-32(6)56)42(63-31(5)55)36(66-45)27-60-28(2)52)34-16-22-49(12)41(34)35(61-29(3)53)26-38-47(10)21-18-39(62-30(4)54)46(8,9)37(47)17-23-48(38,49)11/h34-39,41-45,51H,14-27H2,1-13H3/t34?,35?,36-,37?,38?,39+,41+,42-,43+,44?,45-,47+,48-,49-,50?/m1/s1. The molecule has 17 nitrogen and oxygen atoms in total. The number of ether oxygens (including phenoxy) is 9. The van der Waals surface area contributed by atoms with Crippen molar-refractivity contribution in [1.29, 1.82) is 0 Å². The van der Waals surface area contributed by atoms with Crippen LogP contribution < -0.4 is 5.32 Å². The Morgan fingerprint density at radius 2 is 1.25 bits per heavy atom. The molecule has 0 amide bonds. The minimum absolute atomic E-state index is 0.152. The van der Waals surface area contributed by atoms with Crippen LogP contribution >= 0.6 is 0 Å². The number of carbonyl (C=O) groups excluding carboxylic acids is 7. The Balaban J connectivity index is 1.59. The molecule has 1 saturated heterocycles. The molecule has 0 spiro atoms. The third-order valence-corrected chi connectivity index (χ3v) is 16.9.